The first-order valence-corrected chi connectivity index (χ1v) is 9.20. The highest BCUT2D eigenvalue weighted by molar-refractivity contribution is 7.92. The lowest BCUT2D eigenvalue weighted by Crippen LogP contribution is -2.23. The van der Waals surface area contributed by atoms with E-state index in [1.807, 2.05) is 0 Å². The summed E-state index contributed by atoms with van der Waals surface area (Å²) in [5.74, 6) is -0.799. The third-order valence-electron chi connectivity index (χ3n) is 3.47. The van der Waals surface area contributed by atoms with Crippen molar-refractivity contribution < 1.29 is 40.2 Å². The van der Waals surface area contributed by atoms with Gasteiger partial charge in [-0.25, -0.2) is 12.8 Å². The Morgan fingerprint density at radius 2 is 1.75 bits per heavy atom. The predicted molar refractivity (Wildman–Crippen MR) is 91.4 cm³/mol. The molecule has 2 rings (SSSR count). The van der Waals surface area contributed by atoms with Crippen LogP contribution in [0, 0.1) is 5.82 Å². The fraction of sp³-hybridized carbons (Fsp3) is 0.235. The molecule has 0 radical (unpaired) electrons. The largest absolute Gasteiger partial charge is 0.501 e. The highest BCUT2D eigenvalue weighted by atomic mass is 32.2. The molecule has 0 heterocycles. The highest BCUT2D eigenvalue weighted by Gasteiger charge is 2.47. The molecule has 0 bridgehead atoms. The van der Waals surface area contributed by atoms with Gasteiger partial charge in [0.15, 0.2) is 0 Å². The lowest BCUT2D eigenvalue weighted by molar-refractivity contribution is -0.116. The van der Waals surface area contributed by atoms with E-state index in [0.717, 1.165) is 12.1 Å². The average molecular weight is 421 g/mol. The number of ether oxygens (including phenoxy) is 2. The molecule has 1 N–H and O–H groups in total. The smallest absolute Gasteiger partial charge is 0.495 e. The normalized spacial score (nSPS) is 11.8. The Labute approximate surface area is 158 Å². The van der Waals surface area contributed by atoms with Gasteiger partial charge in [0.05, 0.1) is 30.7 Å². The monoisotopic (exact) mass is 421 g/mol. The van der Waals surface area contributed by atoms with E-state index in [0.29, 0.717) is 11.8 Å². The number of carbonyl (C=O) groups excluding carboxylic acids is 1. The molecule has 1 amide bonds. The number of sulfone groups is 1. The SMILES string of the molecule is COc1ccc(S(=O)(=O)C(F)(F)F)cc1NC(=O)CCOc1ccc(F)cc1. The van der Waals surface area contributed by atoms with E-state index in [-0.39, 0.29) is 24.5 Å². The van der Waals surface area contributed by atoms with Gasteiger partial charge in [0.25, 0.3) is 9.84 Å². The van der Waals surface area contributed by atoms with Crippen molar-refractivity contribution in [3.05, 3.63) is 48.3 Å². The standard InChI is InChI=1S/C17H15F4NO5S/c1-26-15-7-6-13(28(24,25)17(19,20)21)10-14(15)22-16(23)8-9-27-12-4-2-11(18)3-5-12/h2-7,10H,8-9H2,1H3,(H,22,23). The van der Waals surface area contributed by atoms with Gasteiger partial charge in [-0.2, -0.15) is 13.2 Å². The van der Waals surface area contributed by atoms with Crippen LogP contribution in [0.25, 0.3) is 0 Å². The number of hydrogen-bond acceptors (Lipinski definition) is 5. The van der Waals surface area contributed by atoms with E-state index < -0.39 is 32.0 Å². The molecule has 0 aromatic heterocycles. The Morgan fingerprint density at radius 1 is 1.11 bits per heavy atom. The summed E-state index contributed by atoms with van der Waals surface area (Å²) in [5.41, 5.74) is -5.72. The van der Waals surface area contributed by atoms with E-state index in [1.165, 1.54) is 31.4 Å². The fourth-order valence-electron chi connectivity index (χ4n) is 2.09. The molecule has 11 heteroatoms. The minimum absolute atomic E-state index is 0.0195. The van der Waals surface area contributed by atoms with Crippen LogP contribution in [0.15, 0.2) is 47.4 Å². The molecular formula is C17H15F4NO5S. The quantitative estimate of drug-likeness (QED) is 0.692. The molecule has 2 aromatic carbocycles. The molecule has 0 aliphatic heterocycles. The number of carbonyl (C=O) groups is 1. The van der Waals surface area contributed by atoms with E-state index in [4.69, 9.17) is 9.47 Å². The Kier molecular flexibility index (Phi) is 6.49. The molecule has 0 saturated carbocycles. The molecule has 0 saturated heterocycles. The van der Waals surface area contributed by atoms with E-state index in [2.05, 4.69) is 5.32 Å². The topological polar surface area (TPSA) is 81.7 Å². The van der Waals surface area contributed by atoms with Gasteiger partial charge in [-0.3, -0.25) is 4.79 Å². The number of benzene rings is 2. The summed E-state index contributed by atoms with van der Waals surface area (Å²) in [6.45, 7) is -0.0969. The number of anilines is 1. The second-order valence-corrected chi connectivity index (χ2v) is 7.35. The second-order valence-electron chi connectivity index (χ2n) is 5.41. The van der Waals surface area contributed by atoms with Gasteiger partial charge < -0.3 is 14.8 Å². The fourth-order valence-corrected chi connectivity index (χ4v) is 2.88. The molecule has 6 nitrogen and oxygen atoms in total. The lowest BCUT2D eigenvalue weighted by Gasteiger charge is -2.14. The Balaban J connectivity index is 2.08. The third-order valence-corrected chi connectivity index (χ3v) is 4.96. The number of methoxy groups -OCH3 is 1. The van der Waals surface area contributed by atoms with Crippen LogP contribution in [0.5, 0.6) is 11.5 Å². The van der Waals surface area contributed by atoms with Crippen LogP contribution in [-0.2, 0) is 14.6 Å². The first kappa shape index (κ1) is 21.5. The van der Waals surface area contributed by atoms with Crippen molar-refractivity contribution in [1.82, 2.24) is 0 Å². The van der Waals surface area contributed by atoms with Gasteiger partial charge in [0.1, 0.15) is 17.3 Å². The molecule has 0 fully saturated rings. The van der Waals surface area contributed by atoms with E-state index in [1.54, 1.807) is 0 Å². The summed E-state index contributed by atoms with van der Waals surface area (Å²) in [6, 6.07) is 7.47. The van der Waals surface area contributed by atoms with Crippen LogP contribution >= 0.6 is 0 Å². The molecule has 2 aromatic rings. The molecule has 0 aliphatic carbocycles. The zero-order chi connectivity index (χ0) is 20.9. The van der Waals surface area contributed by atoms with Crippen LogP contribution in [0.1, 0.15) is 6.42 Å². The van der Waals surface area contributed by atoms with Crippen molar-refractivity contribution in [2.24, 2.45) is 0 Å². The Morgan fingerprint density at radius 3 is 2.32 bits per heavy atom. The van der Waals surface area contributed by atoms with Crippen molar-refractivity contribution in [3.63, 3.8) is 0 Å². The van der Waals surface area contributed by atoms with Crippen molar-refractivity contribution in [2.75, 3.05) is 19.0 Å². The lowest BCUT2D eigenvalue weighted by atomic mass is 10.2. The summed E-state index contributed by atoms with van der Waals surface area (Å²) < 4.78 is 84.1. The van der Waals surface area contributed by atoms with Crippen molar-refractivity contribution in [3.8, 4) is 11.5 Å². The van der Waals surface area contributed by atoms with Crippen molar-refractivity contribution in [1.29, 1.82) is 0 Å². The van der Waals surface area contributed by atoms with Gasteiger partial charge in [0.2, 0.25) is 5.91 Å². The van der Waals surface area contributed by atoms with Crippen LogP contribution in [-0.4, -0.2) is 33.5 Å². The minimum Gasteiger partial charge on any atom is -0.495 e. The maximum absolute atomic E-state index is 12.8. The van der Waals surface area contributed by atoms with Crippen molar-refractivity contribution in [2.45, 2.75) is 16.8 Å². The number of nitrogens with one attached hydrogen (secondary N) is 1. The summed E-state index contributed by atoms with van der Waals surface area (Å²) in [4.78, 5) is 11.0. The Hall–Kier alpha value is -2.82. The Bertz CT molecular complexity index is 943. The van der Waals surface area contributed by atoms with Gasteiger partial charge >= 0.3 is 5.51 Å². The van der Waals surface area contributed by atoms with Crippen LogP contribution in [0.2, 0.25) is 0 Å². The number of alkyl halides is 3. The third kappa shape index (κ3) is 5.12. The molecule has 0 atom stereocenters. The minimum atomic E-state index is -5.58. The first-order chi connectivity index (χ1) is 13.0. The highest BCUT2D eigenvalue weighted by Crippen LogP contribution is 2.34. The first-order valence-electron chi connectivity index (χ1n) is 7.72. The zero-order valence-electron chi connectivity index (χ0n) is 14.4. The van der Waals surface area contributed by atoms with E-state index in [9.17, 15) is 30.8 Å². The number of amides is 1. The molecule has 28 heavy (non-hydrogen) atoms. The van der Waals surface area contributed by atoms with Crippen LogP contribution in [0.4, 0.5) is 23.2 Å². The van der Waals surface area contributed by atoms with Gasteiger partial charge in [0, 0.05) is 0 Å². The molecular weight excluding hydrogens is 406 g/mol. The summed E-state index contributed by atoms with van der Waals surface area (Å²) >= 11 is 0. The van der Waals surface area contributed by atoms with Gasteiger partial charge in [-0.15, -0.1) is 0 Å². The maximum atomic E-state index is 12.8. The number of hydrogen-bond donors (Lipinski definition) is 1. The average Bonchev–Trinajstić information content (AvgIpc) is 2.62. The molecule has 0 unspecified atom stereocenters. The van der Waals surface area contributed by atoms with Crippen LogP contribution in [0.3, 0.4) is 0 Å². The summed E-state index contributed by atoms with van der Waals surface area (Å²) in [7, 11) is -4.37. The van der Waals surface area contributed by atoms with Gasteiger partial charge in [-0.05, 0) is 42.5 Å². The number of rotatable bonds is 7. The molecule has 0 spiro atoms. The number of halogens is 4. The molecule has 0 aliphatic rings. The van der Waals surface area contributed by atoms with Gasteiger partial charge in [-0.1, -0.05) is 0 Å². The van der Waals surface area contributed by atoms with Crippen molar-refractivity contribution >= 4 is 21.4 Å². The molecule has 152 valence electrons. The van der Waals surface area contributed by atoms with Crippen LogP contribution < -0.4 is 14.8 Å². The predicted octanol–water partition coefficient (Wildman–Crippen LogP) is 3.54. The maximum Gasteiger partial charge on any atom is 0.501 e. The summed E-state index contributed by atoms with van der Waals surface area (Å²) in [5, 5.41) is 2.29. The van der Waals surface area contributed by atoms with E-state index >= 15 is 0 Å². The zero-order valence-corrected chi connectivity index (χ0v) is 15.2. The second kappa shape index (κ2) is 8.46. The summed E-state index contributed by atoms with van der Waals surface area (Å²) in [6.07, 6.45) is -0.198.